The van der Waals surface area contributed by atoms with Crippen LogP contribution in [0.5, 0.6) is 11.5 Å². The van der Waals surface area contributed by atoms with Crippen LogP contribution in [0, 0.1) is 0 Å². The van der Waals surface area contributed by atoms with Gasteiger partial charge in [-0.3, -0.25) is 7.32 Å². The molecule has 39 heavy (non-hydrogen) atoms. The molecule has 0 unspecified atom stereocenters. The molecule has 0 fully saturated rings. The Balaban J connectivity index is -0.000000200. The third-order valence-corrected chi connectivity index (χ3v) is 8.93. The first-order valence-corrected chi connectivity index (χ1v) is 15.3. The number of rotatable bonds is 12. The van der Waals surface area contributed by atoms with Gasteiger partial charge in [-0.15, -0.1) is 0 Å². The summed E-state index contributed by atoms with van der Waals surface area (Å²) in [5, 5.41) is 42.6. The first-order valence-electron chi connectivity index (χ1n) is 15.3. The Morgan fingerprint density at radius 3 is 0.615 bits per heavy atom. The zero-order valence-electron chi connectivity index (χ0n) is 27.8. The standard InChI is InChI=1S/3C8H20N.C6H6O2.BO3/c3*1-5-9(6-2,7-3)8-4;7-5-3-1-2-4-6(5)8;2-1(3)4/h3*5-8H2,1-4H3;1-4,7-8H;/q3*+1;;-3. The fourth-order valence-corrected chi connectivity index (χ4v) is 4.49. The van der Waals surface area contributed by atoms with Crippen LogP contribution in [0.25, 0.3) is 0 Å². The molecular formula is C30H66BN3O5. The second kappa shape index (κ2) is 26.8. The van der Waals surface area contributed by atoms with Crippen molar-refractivity contribution in [3.63, 3.8) is 0 Å². The highest BCUT2D eigenvalue weighted by Gasteiger charge is 2.17. The van der Waals surface area contributed by atoms with Gasteiger partial charge in [-0.25, -0.2) is 0 Å². The van der Waals surface area contributed by atoms with Crippen molar-refractivity contribution in [3.8, 4) is 11.5 Å². The summed E-state index contributed by atoms with van der Waals surface area (Å²) in [5.74, 6) is -0.153. The van der Waals surface area contributed by atoms with Crippen molar-refractivity contribution < 1.29 is 38.7 Å². The molecular weight excluding hydrogens is 493 g/mol. The largest absolute Gasteiger partial charge is 0.907 e. The Bertz CT molecular complexity index is 515. The SMILES string of the molecule is CC[N+](CC)(CC)CC.CC[N+](CC)(CC)CC.CC[N+](CC)(CC)CC.Oc1ccccc1O.[O-]B([O-])[O-]. The van der Waals surface area contributed by atoms with Crippen molar-refractivity contribution in [1.82, 2.24) is 0 Å². The van der Waals surface area contributed by atoms with Gasteiger partial charge in [-0.1, -0.05) is 12.1 Å². The van der Waals surface area contributed by atoms with Gasteiger partial charge in [-0.2, -0.15) is 0 Å². The highest BCUT2D eigenvalue weighted by atomic mass is 16.5. The molecule has 0 atom stereocenters. The normalized spacial score (nSPS) is 10.8. The molecule has 0 aliphatic carbocycles. The zero-order chi connectivity index (χ0) is 31.5. The van der Waals surface area contributed by atoms with Crippen molar-refractivity contribution in [2.24, 2.45) is 0 Å². The fraction of sp³-hybridized carbons (Fsp3) is 0.800. The number of nitrogens with zero attached hydrogens (tertiary/aromatic N) is 3. The fourth-order valence-electron chi connectivity index (χ4n) is 4.49. The summed E-state index contributed by atoms with van der Waals surface area (Å²) in [6.45, 7) is 42.7. The summed E-state index contributed by atoms with van der Waals surface area (Å²) in [6.07, 6.45) is 0. The van der Waals surface area contributed by atoms with E-state index in [2.05, 4.69) is 83.1 Å². The predicted octanol–water partition coefficient (Wildman–Crippen LogP) is 2.80. The van der Waals surface area contributed by atoms with Gasteiger partial charge >= 0.3 is 0 Å². The van der Waals surface area contributed by atoms with Crippen LogP contribution in [0.2, 0.25) is 0 Å². The van der Waals surface area contributed by atoms with Gasteiger partial charge in [0.2, 0.25) is 0 Å². The van der Waals surface area contributed by atoms with Crippen molar-refractivity contribution >= 4 is 7.32 Å². The number of phenolic OH excluding ortho intramolecular Hbond substituents is 2. The lowest BCUT2D eigenvalue weighted by Crippen LogP contribution is -2.56. The lowest BCUT2D eigenvalue weighted by Gasteiger charge is -2.35. The summed E-state index contributed by atoms with van der Waals surface area (Å²) in [7, 11) is -2.92. The van der Waals surface area contributed by atoms with E-state index in [1.165, 1.54) is 104 Å². The first-order chi connectivity index (χ1) is 18.3. The first kappa shape index (κ1) is 44.7. The average Bonchev–Trinajstić information content (AvgIpc) is 2.96. The maximum absolute atomic E-state index is 8.67. The predicted molar refractivity (Wildman–Crippen MR) is 163 cm³/mol. The van der Waals surface area contributed by atoms with E-state index in [1.807, 2.05) is 0 Å². The van der Waals surface area contributed by atoms with E-state index < -0.39 is 7.32 Å². The van der Waals surface area contributed by atoms with Crippen LogP contribution in [0.1, 0.15) is 83.1 Å². The van der Waals surface area contributed by atoms with Gasteiger partial charge in [0, 0.05) is 0 Å². The number of benzene rings is 1. The lowest BCUT2D eigenvalue weighted by atomic mass is 10.3. The smallest absolute Gasteiger partial charge is 0.157 e. The molecule has 0 saturated carbocycles. The molecule has 0 spiro atoms. The van der Waals surface area contributed by atoms with Gasteiger partial charge in [0.1, 0.15) is 0 Å². The van der Waals surface area contributed by atoms with Gasteiger partial charge < -0.3 is 38.7 Å². The van der Waals surface area contributed by atoms with Crippen LogP contribution >= 0.6 is 0 Å². The van der Waals surface area contributed by atoms with E-state index in [0.29, 0.717) is 0 Å². The molecule has 0 aromatic heterocycles. The van der Waals surface area contributed by atoms with E-state index in [1.54, 1.807) is 12.1 Å². The Kier molecular flexibility index (Phi) is 30.7. The van der Waals surface area contributed by atoms with Crippen LogP contribution in [-0.2, 0) is 0 Å². The molecule has 8 nitrogen and oxygen atoms in total. The van der Waals surface area contributed by atoms with Crippen LogP contribution in [-0.4, -0.2) is 110 Å². The number of quaternary nitrogens is 3. The molecule has 0 aliphatic rings. The summed E-state index contributed by atoms with van der Waals surface area (Å²) in [6, 6.07) is 6.15. The molecule has 0 amide bonds. The van der Waals surface area contributed by atoms with Crippen LogP contribution < -0.4 is 15.1 Å². The topological polar surface area (TPSA) is 110 Å². The maximum atomic E-state index is 8.67. The highest BCUT2D eigenvalue weighted by molar-refractivity contribution is 6.24. The summed E-state index contributed by atoms with van der Waals surface area (Å²) >= 11 is 0. The molecule has 1 aromatic rings. The minimum absolute atomic E-state index is 0.0764. The quantitative estimate of drug-likeness (QED) is 0.233. The van der Waals surface area contributed by atoms with E-state index in [-0.39, 0.29) is 11.5 Å². The van der Waals surface area contributed by atoms with E-state index in [9.17, 15) is 0 Å². The van der Waals surface area contributed by atoms with Gasteiger partial charge in [0.15, 0.2) is 11.5 Å². The molecule has 1 rings (SSSR count). The number of para-hydroxylation sites is 2. The third-order valence-electron chi connectivity index (χ3n) is 8.93. The Morgan fingerprint density at radius 2 is 0.564 bits per heavy atom. The Hall–Kier alpha value is -1.36. The monoisotopic (exact) mass is 560 g/mol. The Labute approximate surface area is 243 Å². The third kappa shape index (κ3) is 21.1. The second-order valence-electron chi connectivity index (χ2n) is 9.60. The molecule has 0 radical (unpaired) electrons. The van der Waals surface area contributed by atoms with Crippen molar-refractivity contribution in [2.75, 3.05) is 78.5 Å². The number of phenols is 2. The molecule has 9 heteroatoms. The minimum Gasteiger partial charge on any atom is -0.907 e. The van der Waals surface area contributed by atoms with Gasteiger partial charge in [-0.05, 0) is 95.2 Å². The Morgan fingerprint density at radius 1 is 0.436 bits per heavy atom. The molecule has 1 aromatic carbocycles. The van der Waals surface area contributed by atoms with Crippen molar-refractivity contribution in [3.05, 3.63) is 24.3 Å². The van der Waals surface area contributed by atoms with Crippen molar-refractivity contribution in [2.45, 2.75) is 83.1 Å². The summed E-state index contributed by atoms with van der Waals surface area (Å²) in [4.78, 5) is 0. The minimum atomic E-state index is -2.92. The molecule has 0 bridgehead atoms. The molecule has 2 N–H and O–H groups in total. The van der Waals surface area contributed by atoms with Crippen LogP contribution in [0.3, 0.4) is 0 Å². The number of hydrogen-bond acceptors (Lipinski definition) is 5. The molecule has 0 aliphatic heterocycles. The number of hydrogen-bond donors (Lipinski definition) is 2. The van der Waals surface area contributed by atoms with E-state index in [4.69, 9.17) is 25.3 Å². The summed E-state index contributed by atoms with van der Waals surface area (Å²) < 4.78 is 3.83. The van der Waals surface area contributed by atoms with E-state index in [0.717, 1.165) is 0 Å². The summed E-state index contributed by atoms with van der Waals surface area (Å²) in [5.41, 5.74) is 0. The van der Waals surface area contributed by atoms with Crippen LogP contribution in [0.15, 0.2) is 24.3 Å². The molecule has 0 heterocycles. The van der Waals surface area contributed by atoms with Gasteiger partial charge in [0.25, 0.3) is 0 Å². The van der Waals surface area contributed by atoms with Crippen LogP contribution in [0.4, 0.5) is 0 Å². The average molecular weight is 560 g/mol. The highest BCUT2D eigenvalue weighted by Crippen LogP contribution is 2.21. The molecule has 234 valence electrons. The maximum Gasteiger partial charge on any atom is 0.157 e. The van der Waals surface area contributed by atoms with Gasteiger partial charge in [0.05, 0.1) is 78.5 Å². The zero-order valence-corrected chi connectivity index (χ0v) is 27.8. The number of aromatic hydroxyl groups is 2. The second-order valence-corrected chi connectivity index (χ2v) is 9.60. The van der Waals surface area contributed by atoms with Crippen molar-refractivity contribution in [1.29, 1.82) is 0 Å². The lowest BCUT2D eigenvalue weighted by molar-refractivity contribution is -0.921. The van der Waals surface area contributed by atoms with E-state index >= 15 is 0 Å². The molecule has 0 saturated heterocycles.